The largest absolute Gasteiger partial charge is 3.00 e. The van der Waals surface area contributed by atoms with E-state index >= 15 is 0 Å². The van der Waals surface area contributed by atoms with Gasteiger partial charge in [-0.05, 0) is 74.6 Å². The predicted molar refractivity (Wildman–Crippen MR) is 260 cm³/mol. The number of amides is 4. The van der Waals surface area contributed by atoms with Crippen LogP contribution in [0.4, 0.5) is 0 Å². The summed E-state index contributed by atoms with van der Waals surface area (Å²) in [5, 5.41) is 77.8. The van der Waals surface area contributed by atoms with Crippen LogP contribution in [0.3, 0.4) is 0 Å². The third kappa shape index (κ3) is 27.6. The fourth-order valence-electron chi connectivity index (χ4n) is 7.52. The van der Waals surface area contributed by atoms with Gasteiger partial charge in [0.25, 0.3) is 5.91 Å². The molecule has 0 bridgehead atoms. The molecule has 0 saturated carbocycles. The molecule has 4 amide bonds. The molecule has 0 aliphatic heterocycles. The summed E-state index contributed by atoms with van der Waals surface area (Å²) >= 11 is 0. The fraction of sp³-hybridized carbons (Fsp3) is 0.542. The zero-order valence-electron chi connectivity index (χ0n) is 42.8. The van der Waals surface area contributed by atoms with E-state index < -0.39 is 143 Å². The Balaban J connectivity index is 0.0000296. The van der Waals surface area contributed by atoms with Gasteiger partial charge in [-0.2, -0.15) is 0 Å². The van der Waals surface area contributed by atoms with E-state index in [1.54, 1.807) is 50.2 Å². The van der Waals surface area contributed by atoms with Crippen LogP contribution in [0.5, 0.6) is 5.75 Å². The van der Waals surface area contributed by atoms with E-state index in [4.69, 9.17) is 26.7 Å². The first-order chi connectivity index (χ1) is 36.1. The molecule has 1 radical (unpaired) electrons. The number of aliphatic imine (C=N–C) groups is 1. The second kappa shape index (κ2) is 37.6. The summed E-state index contributed by atoms with van der Waals surface area (Å²) in [5.41, 5.74) is 17.4. The van der Waals surface area contributed by atoms with Gasteiger partial charge < -0.3 is 97.8 Å². The monoisotopic (exact) mass is 1230 g/mol. The van der Waals surface area contributed by atoms with E-state index in [1.165, 1.54) is 12.1 Å². The number of carboxylic acids is 5. The number of aliphatic carboxylic acids is 5. The average Bonchev–Trinajstić information content (AvgIpc) is 3.36. The summed E-state index contributed by atoms with van der Waals surface area (Å²) in [5.74, 6) is -12.1. The van der Waals surface area contributed by atoms with Gasteiger partial charge in [-0.3, -0.25) is 38.9 Å². The topological polar surface area (TPSA) is 456 Å². The number of unbranched alkanes of at least 4 members (excludes halogenated alkanes) is 1. The first-order valence-electron chi connectivity index (χ1n) is 24.2. The normalized spacial score (nSPS) is 13.0. The molecule has 77 heavy (non-hydrogen) atoms. The SMILES string of the molecule is CCC(C)C(NC(=O)CNC(=O)c1cc(-c2ccccc2)ccc1OC[C@@H](CN(CCN(CC(=O)[O-])CC(=O)[O-])CC(=O)[O-])N(COC[O-])CC(=O)[O-])C(=O)NC(CCCN=C(N)N)C(=O)NC(CCCCN)C(=O)O.[Gd+3]. The van der Waals surface area contributed by atoms with E-state index in [0.717, 1.165) is 14.7 Å². The van der Waals surface area contributed by atoms with E-state index in [-0.39, 0.29) is 96.1 Å². The molecular weight excluding hydrogens is 1160 g/mol. The van der Waals surface area contributed by atoms with Crippen LogP contribution in [0.15, 0.2) is 53.5 Å². The van der Waals surface area contributed by atoms with Gasteiger partial charge in [0, 0.05) is 52.4 Å². The van der Waals surface area contributed by atoms with Crippen LogP contribution in [-0.4, -0.2) is 189 Å². The van der Waals surface area contributed by atoms with Crippen LogP contribution in [0, 0.1) is 45.9 Å². The molecule has 2 rings (SSSR count). The Morgan fingerprint density at radius 2 is 1.35 bits per heavy atom. The Morgan fingerprint density at radius 1 is 0.753 bits per heavy atom. The number of guanidine groups is 1. The third-order valence-corrected chi connectivity index (χ3v) is 11.6. The number of benzene rings is 2. The molecule has 0 aliphatic carbocycles. The van der Waals surface area contributed by atoms with Gasteiger partial charge in [0.05, 0.1) is 48.8 Å². The summed E-state index contributed by atoms with van der Waals surface area (Å²) in [6.07, 6.45) is 1.47. The summed E-state index contributed by atoms with van der Waals surface area (Å²) in [6.45, 7) is -3.90. The van der Waals surface area contributed by atoms with Crippen LogP contribution in [-0.2, 0) is 43.1 Å². The quantitative estimate of drug-likeness (QED) is 0.0133. The Morgan fingerprint density at radius 3 is 1.92 bits per heavy atom. The van der Waals surface area contributed by atoms with Gasteiger partial charge in [-0.15, -0.1) is 0 Å². The molecule has 0 fully saturated rings. The minimum absolute atomic E-state index is 0. The van der Waals surface area contributed by atoms with Crippen molar-refractivity contribution in [2.75, 3.05) is 85.6 Å². The zero-order chi connectivity index (χ0) is 56.7. The fourth-order valence-corrected chi connectivity index (χ4v) is 7.52. The van der Waals surface area contributed by atoms with Gasteiger partial charge in [0.2, 0.25) is 17.7 Å². The maximum Gasteiger partial charge on any atom is 3.00 e. The number of rotatable bonds is 40. The number of nitrogens with zero attached hydrogens (tertiary/aromatic N) is 4. The number of hydrogen-bond donors (Lipinski definition) is 8. The Labute approximate surface area is 477 Å². The Bertz CT molecular complexity index is 2250. The molecular formula is C48H68GdN11O17-2. The average molecular weight is 1230 g/mol. The predicted octanol–water partition coefficient (Wildman–Crippen LogP) is -8.20. The molecule has 2 aromatic carbocycles. The van der Waals surface area contributed by atoms with Gasteiger partial charge in [0.15, 0.2) is 5.96 Å². The smallest absolute Gasteiger partial charge is 0.834 e. The first kappa shape index (κ1) is 68.8. The van der Waals surface area contributed by atoms with Crippen molar-refractivity contribution in [3.63, 3.8) is 0 Å². The summed E-state index contributed by atoms with van der Waals surface area (Å²) in [6, 6.07) is 8.04. The van der Waals surface area contributed by atoms with Crippen molar-refractivity contribution >= 4 is 59.4 Å². The summed E-state index contributed by atoms with van der Waals surface area (Å²) in [7, 11) is 0. The summed E-state index contributed by atoms with van der Waals surface area (Å²) in [4.78, 5) is 121. The first-order valence-corrected chi connectivity index (χ1v) is 24.2. The van der Waals surface area contributed by atoms with E-state index in [0.29, 0.717) is 36.9 Å². The van der Waals surface area contributed by atoms with Crippen molar-refractivity contribution in [3.8, 4) is 16.9 Å². The number of carbonyl (C=O) groups is 9. The number of nitrogens with one attached hydrogen (secondary N) is 4. The molecule has 0 aliphatic rings. The zero-order valence-corrected chi connectivity index (χ0v) is 45.1. The van der Waals surface area contributed by atoms with Gasteiger partial charge in [-0.25, -0.2) is 4.79 Å². The molecule has 0 heterocycles. The van der Waals surface area contributed by atoms with Crippen LogP contribution in [0.25, 0.3) is 11.1 Å². The third-order valence-electron chi connectivity index (χ3n) is 11.6. The van der Waals surface area contributed by atoms with Crippen molar-refractivity contribution in [1.29, 1.82) is 0 Å². The molecule has 5 atom stereocenters. The van der Waals surface area contributed by atoms with Crippen molar-refractivity contribution < 1.29 is 123 Å². The maximum atomic E-state index is 14.1. The molecule has 0 aromatic heterocycles. The minimum Gasteiger partial charge on any atom is -0.834 e. The van der Waals surface area contributed by atoms with Crippen molar-refractivity contribution in [2.45, 2.75) is 76.5 Å². The minimum atomic E-state index is -1.65. The maximum absolute atomic E-state index is 14.1. The van der Waals surface area contributed by atoms with Gasteiger partial charge in [0.1, 0.15) is 30.5 Å². The molecule has 28 nitrogen and oxygen atoms in total. The van der Waals surface area contributed by atoms with Gasteiger partial charge in [-0.1, -0.05) is 56.7 Å². The number of hydrogen-bond acceptors (Lipinski definition) is 21. The van der Waals surface area contributed by atoms with Crippen LogP contribution < -0.4 is 68.7 Å². The van der Waals surface area contributed by atoms with E-state index in [2.05, 4.69) is 26.3 Å². The molecule has 0 saturated heterocycles. The number of carbonyl (C=O) groups excluding carboxylic acids is 8. The van der Waals surface area contributed by atoms with E-state index in [9.17, 15) is 73.8 Å². The van der Waals surface area contributed by atoms with Crippen LogP contribution in [0.2, 0.25) is 0 Å². The van der Waals surface area contributed by atoms with Crippen molar-refractivity contribution in [2.24, 2.45) is 28.1 Å². The Kier molecular flexibility index (Phi) is 33.6. The number of nitrogens with two attached hydrogens (primary N) is 3. The number of ether oxygens (including phenoxy) is 2. The van der Waals surface area contributed by atoms with Crippen LogP contribution in [0.1, 0.15) is 62.7 Å². The number of carboxylic acid groups (broad SMARTS) is 5. The molecule has 4 unspecified atom stereocenters. The molecule has 29 heteroatoms. The molecule has 427 valence electrons. The summed E-state index contributed by atoms with van der Waals surface area (Å²) < 4.78 is 11.1. The van der Waals surface area contributed by atoms with Crippen molar-refractivity contribution in [1.82, 2.24) is 36.0 Å². The van der Waals surface area contributed by atoms with Crippen molar-refractivity contribution in [3.05, 3.63) is 54.1 Å². The van der Waals surface area contributed by atoms with Gasteiger partial charge >= 0.3 is 45.9 Å². The Hall–Kier alpha value is -6.18. The second-order valence-corrected chi connectivity index (χ2v) is 17.5. The molecule has 2 aromatic rings. The van der Waals surface area contributed by atoms with E-state index in [1.807, 2.05) is 0 Å². The molecule has 0 spiro atoms. The van der Waals surface area contributed by atoms with Crippen LogP contribution >= 0.6 is 0 Å². The standard InChI is InChI=1S/C48H72N11O17.Gd/c1-3-30(2)43(46(72)54-35(13-9-17-52-48(50)51)45(71)55-36(47(73)74)12-7-8-16-49)56-38(61)21-53-44(70)34-20-32(31-10-5-4-6-11-31)14-15-37(34)76-27-33(59(26-42(68)69)28-75-29-60)22-57(23-39(62)63)18-19-58(24-40(64)65)25-41(66)67;/h4-6,10-11,14-15,20,30,33,35-36,43H,3,7-9,12-13,16-19,21-29,49H2,1-2H3,(H,53,70)(H,54,72)(H,55,71)(H,56,61)(H,62,63)(H,64,65)(H,66,67)(H,68,69)(H,73,74)(H4,50,51,52);/q-1;+3/p-4/t30?,33-,35?,36?,43?;/m1./s1. The second-order valence-electron chi connectivity index (χ2n) is 17.5. The molecule has 11 N–H and O–H groups in total.